The summed E-state index contributed by atoms with van der Waals surface area (Å²) in [5, 5.41) is 3.14. The summed E-state index contributed by atoms with van der Waals surface area (Å²) in [4.78, 5) is 20.8. The number of nitrogens with one attached hydrogen (secondary N) is 1. The molecule has 2 aromatic carbocycles. The summed E-state index contributed by atoms with van der Waals surface area (Å²) >= 11 is 0. The van der Waals surface area contributed by atoms with E-state index in [2.05, 4.69) is 15.3 Å². The minimum Gasteiger partial charge on any atom is -0.423 e. The quantitative estimate of drug-likeness (QED) is 0.567. The third kappa shape index (κ3) is 4.41. The Kier molecular flexibility index (Phi) is 4.75. The molecule has 3 aromatic rings. The van der Waals surface area contributed by atoms with Crippen molar-refractivity contribution in [1.82, 2.24) is 9.97 Å². The van der Waals surface area contributed by atoms with Crippen LogP contribution in [0.4, 0.5) is 11.6 Å². The first-order chi connectivity index (χ1) is 12.0. The number of carbonyl (C=O) groups excluding carboxylic acids is 1. The molecule has 0 saturated carbocycles. The third-order valence-corrected chi connectivity index (χ3v) is 3.56. The van der Waals surface area contributed by atoms with Crippen LogP contribution in [-0.4, -0.2) is 15.9 Å². The van der Waals surface area contributed by atoms with Gasteiger partial charge >= 0.3 is 5.97 Å². The van der Waals surface area contributed by atoms with Crippen LogP contribution < -0.4 is 10.1 Å². The molecule has 1 N–H and O–H groups in total. The van der Waals surface area contributed by atoms with Crippen LogP contribution >= 0.6 is 0 Å². The molecule has 5 heteroatoms. The lowest BCUT2D eigenvalue weighted by Gasteiger charge is -2.08. The van der Waals surface area contributed by atoms with Crippen molar-refractivity contribution in [2.75, 3.05) is 5.32 Å². The average Bonchev–Trinajstić information content (AvgIpc) is 2.56. The molecule has 25 heavy (non-hydrogen) atoms. The second kappa shape index (κ2) is 7.13. The van der Waals surface area contributed by atoms with Gasteiger partial charge in [-0.25, -0.2) is 14.8 Å². The highest BCUT2D eigenvalue weighted by atomic mass is 16.5. The molecule has 1 aromatic heterocycles. The van der Waals surface area contributed by atoms with Crippen LogP contribution in [0.1, 0.15) is 27.3 Å². The largest absolute Gasteiger partial charge is 0.423 e. The normalized spacial score (nSPS) is 10.4. The Morgan fingerprint density at radius 3 is 2.24 bits per heavy atom. The highest BCUT2D eigenvalue weighted by Crippen LogP contribution is 2.20. The number of aryl methyl sites for hydroxylation is 3. The van der Waals surface area contributed by atoms with Crippen molar-refractivity contribution < 1.29 is 9.53 Å². The van der Waals surface area contributed by atoms with Crippen molar-refractivity contribution in [3.05, 3.63) is 77.1 Å². The van der Waals surface area contributed by atoms with Crippen molar-refractivity contribution in [2.45, 2.75) is 20.8 Å². The van der Waals surface area contributed by atoms with Gasteiger partial charge in [-0.2, -0.15) is 0 Å². The number of hydrogen-bond acceptors (Lipinski definition) is 5. The van der Waals surface area contributed by atoms with Crippen molar-refractivity contribution in [3.8, 4) is 5.75 Å². The van der Waals surface area contributed by atoms with Gasteiger partial charge in [0.25, 0.3) is 0 Å². The van der Waals surface area contributed by atoms with E-state index in [1.54, 1.807) is 24.3 Å². The van der Waals surface area contributed by atoms with Gasteiger partial charge < -0.3 is 10.1 Å². The van der Waals surface area contributed by atoms with Crippen molar-refractivity contribution >= 4 is 17.6 Å². The molecule has 0 bridgehead atoms. The first-order valence-electron chi connectivity index (χ1n) is 7.98. The second-order valence-electron chi connectivity index (χ2n) is 5.88. The number of benzene rings is 2. The molecule has 0 saturated heterocycles. The van der Waals surface area contributed by atoms with E-state index in [1.807, 2.05) is 51.1 Å². The Balaban J connectivity index is 1.68. The number of hydrogen-bond donors (Lipinski definition) is 1. The van der Waals surface area contributed by atoms with Crippen LogP contribution in [0.5, 0.6) is 5.75 Å². The summed E-state index contributed by atoms with van der Waals surface area (Å²) in [5.74, 6) is 0.655. The van der Waals surface area contributed by atoms with Gasteiger partial charge in [0.15, 0.2) is 0 Å². The molecule has 0 unspecified atom stereocenters. The average molecular weight is 333 g/mol. The lowest BCUT2D eigenvalue weighted by Crippen LogP contribution is -2.08. The number of nitrogens with zero attached hydrogens (tertiary/aromatic N) is 2. The monoisotopic (exact) mass is 333 g/mol. The van der Waals surface area contributed by atoms with Gasteiger partial charge in [-0.3, -0.25) is 0 Å². The van der Waals surface area contributed by atoms with Gasteiger partial charge in [-0.05, 0) is 63.2 Å². The first-order valence-corrected chi connectivity index (χ1v) is 7.98. The molecule has 0 aliphatic rings. The maximum Gasteiger partial charge on any atom is 0.343 e. The predicted octanol–water partition coefficient (Wildman–Crippen LogP) is 4.36. The van der Waals surface area contributed by atoms with Crippen molar-refractivity contribution in [3.63, 3.8) is 0 Å². The fourth-order valence-corrected chi connectivity index (χ4v) is 2.46. The van der Waals surface area contributed by atoms with E-state index in [0.717, 1.165) is 22.6 Å². The number of ether oxygens (including phenoxy) is 1. The van der Waals surface area contributed by atoms with E-state index < -0.39 is 0 Å². The van der Waals surface area contributed by atoms with Crippen LogP contribution in [-0.2, 0) is 0 Å². The van der Waals surface area contributed by atoms with E-state index in [-0.39, 0.29) is 5.97 Å². The fourth-order valence-electron chi connectivity index (χ4n) is 2.46. The van der Waals surface area contributed by atoms with Crippen molar-refractivity contribution in [1.29, 1.82) is 0 Å². The van der Waals surface area contributed by atoms with E-state index in [9.17, 15) is 4.79 Å². The van der Waals surface area contributed by atoms with Crippen molar-refractivity contribution in [2.24, 2.45) is 0 Å². The Morgan fingerprint density at radius 2 is 1.60 bits per heavy atom. The molecule has 0 aliphatic heterocycles. The Morgan fingerprint density at radius 1 is 0.920 bits per heavy atom. The summed E-state index contributed by atoms with van der Waals surface area (Å²) < 4.78 is 5.40. The van der Waals surface area contributed by atoms with Crippen LogP contribution in [0.3, 0.4) is 0 Å². The molecule has 0 fully saturated rings. The topological polar surface area (TPSA) is 64.1 Å². The van der Waals surface area contributed by atoms with E-state index in [4.69, 9.17) is 4.74 Å². The zero-order chi connectivity index (χ0) is 17.8. The Bertz CT molecular complexity index is 885. The molecular formula is C20H19N3O2. The Hall–Kier alpha value is -3.21. The van der Waals surface area contributed by atoms with Gasteiger partial charge in [0.2, 0.25) is 5.95 Å². The first kappa shape index (κ1) is 16.6. The minimum atomic E-state index is -0.373. The molecule has 5 nitrogen and oxygen atoms in total. The fraction of sp³-hybridized carbons (Fsp3) is 0.150. The van der Waals surface area contributed by atoms with E-state index >= 15 is 0 Å². The number of rotatable bonds is 4. The molecule has 0 atom stereocenters. The molecular weight excluding hydrogens is 314 g/mol. The molecule has 3 rings (SSSR count). The zero-order valence-corrected chi connectivity index (χ0v) is 14.4. The van der Waals surface area contributed by atoms with E-state index in [0.29, 0.717) is 17.3 Å². The second-order valence-corrected chi connectivity index (χ2v) is 5.88. The highest BCUT2D eigenvalue weighted by Gasteiger charge is 2.09. The summed E-state index contributed by atoms with van der Waals surface area (Å²) in [6.07, 6.45) is 0. The van der Waals surface area contributed by atoms with Crippen LogP contribution in [0.2, 0.25) is 0 Å². The number of esters is 1. The summed E-state index contributed by atoms with van der Waals surface area (Å²) in [6.45, 7) is 5.79. The molecule has 0 radical (unpaired) electrons. The highest BCUT2D eigenvalue weighted by molar-refractivity contribution is 5.91. The summed E-state index contributed by atoms with van der Waals surface area (Å²) in [7, 11) is 0. The number of aromatic nitrogens is 2. The summed E-state index contributed by atoms with van der Waals surface area (Å²) in [5.41, 5.74) is 4.17. The molecule has 0 amide bonds. The van der Waals surface area contributed by atoms with Crippen LogP contribution in [0.25, 0.3) is 0 Å². The van der Waals surface area contributed by atoms with Gasteiger partial charge in [0.05, 0.1) is 5.56 Å². The smallest absolute Gasteiger partial charge is 0.343 e. The van der Waals surface area contributed by atoms with Crippen LogP contribution in [0, 0.1) is 20.8 Å². The van der Waals surface area contributed by atoms with E-state index in [1.165, 1.54) is 0 Å². The molecule has 1 heterocycles. The molecule has 126 valence electrons. The SMILES string of the molecule is Cc1cccc(C(=O)Oc2ccc(Nc3nc(C)cc(C)n3)cc2)c1. The van der Waals surface area contributed by atoms with Gasteiger partial charge in [0.1, 0.15) is 5.75 Å². The Labute approximate surface area is 146 Å². The maximum absolute atomic E-state index is 12.2. The minimum absolute atomic E-state index is 0.373. The number of carbonyl (C=O) groups is 1. The maximum atomic E-state index is 12.2. The molecule has 0 aliphatic carbocycles. The number of anilines is 2. The van der Waals surface area contributed by atoms with Gasteiger partial charge in [-0.1, -0.05) is 17.7 Å². The predicted molar refractivity (Wildman–Crippen MR) is 97.4 cm³/mol. The third-order valence-electron chi connectivity index (χ3n) is 3.56. The van der Waals surface area contributed by atoms with Gasteiger partial charge in [-0.15, -0.1) is 0 Å². The van der Waals surface area contributed by atoms with Gasteiger partial charge in [0, 0.05) is 17.1 Å². The standard InChI is InChI=1S/C20H19N3O2/c1-13-5-4-6-16(11-13)19(24)25-18-9-7-17(8-10-18)23-20-21-14(2)12-15(3)22-20/h4-12H,1-3H3,(H,21,22,23). The van der Waals surface area contributed by atoms with Crippen LogP contribution in [0.15, 0.2) is 54.6 Å². The summed E-state index contributed by atoms with van der Waals surface area (Å²) in [6, 6.07) is 16.3. The molecule has 0 spiro atoms. The lowest BCUT2D eigenvalue weighted by molar-refractivity contribution is 0.0734. The lowest BCUT2D eigenvalue weighted by atomic mass is 10.1. The zero-order valence-electron chi connectivity index (χ0n) is 14.4.